The van der Waals surface area contributed by atoms with Crippen LogP contribution < -0.4 is 0 Å². The van der Waals surface area contributed by atoms with E-state index in [1.165, 1.54) is 13.2 Å². The van der Waals surface area contributed by atoms with Crippen molar-refractivity contribution in [3.63, 3.8) is 0 Å². The summed E-state index contributed by atoms with van der Waals surface area (Å²) in [4.78, 5) is 0.122. The van der Waals surface area contributed by atoms with Crippen molar-refractivity contribution in [1.82, 2.24) is 5.16 Å². The van der Waals surface area contributed by atoms with Crippen LogP contribution in [0.15, 0.2) is 33.7 Å². The number of ether oxygens (including phenoxy) is 1. The second-order valence-corrected chi connectivity index (χ2v) is 6.39. The fourth-order valence-electron chi connectivity index (χ4n) is 1.70. The molecule has 5 nitrogen and oxygen atoms in total. The summed E-state index contributed by atoms with van der Waals surface area (Å²) in [5, 5.41) is 4.14. The lowest BCUT2D eigenvalue weighted by molar-refractivity contribution is 0.156. The average molecular weight is 302 g/mol. The smallest absolute Gasteiger partial charge is 0.176 e. The monoisotopic (exact) mass is 301 g/mol. The highest BCUT2D eigenvalue weighted by Gasteiger charge is 2.20. The average Bonchev–Trinajstić information content (AvgIpc) is 2.76. The predicted octanol–water partition coefficient (Wildman–Crippen LogP) is 2.54. The molecule has 0 radical (unpaired) electrons. The van der Waals surface area contributed by atoms with E-state index >= 15 is 0 Å². The molecule has 0 unspecified atom stereocenters. The molecule has 0 aliphatic heterocycles. The second-order valence-electron chi connectivity index (χ2n) is 4.00. The van der Waals surface area contributed by atoms with Crippen LogP contribution in [0.4, 0.5) is 0 Å². The van der Waals surface area contributed by atoms with Crippen molar-refractivity contribution < 1.29 is 17.7 Å². The highest BCUT2D eigenvalue weighted by molar-refractivity contribution is 7.90. The van der Waals surface area contributed by atoms with E-state index in [1.807, 2.05) is 0 Å². The molecule has 0 saturated carbocycles. The largest absolute Gasteiger partial charge is 0.377 e. The lowest BCUT2D eigenvalue weighted by atomic mass is 10.1. The van der Waals surface area contributed by atoms with E-state index in [9.17, 15) is 8.42 Å². The van der Waals surface area contributed by atoms with Gasteiger partial charge in [-0.3, -0.25) is 0 Å². The molecule has 102 valence electrons. The Kier molecular flexibility index (Phi) is 3.93. The van der Waals surface area contributed by atoms with Crippen molar-refractivity contribution in [3.8, 4) is 11.3 Å². The molecule has 0 bridgehead atoms. The molecule has 0 aliphatic rings. The molecule has 0 spiro atoms. The first kappa shape index (κ1) is 14.0. The summed E-state index contributed by atoms with van der Waals surface area (Å²) in [5.41, 5.74) is 0.718. The van der Waals surface area contributed by atoms with E-state index in [4.69, 9.17) is 20.9 Å². The minimum atomic E-state index is -3.40. The summed E-state index contributed by atoms with van der Waals surface area (Å²) in [6, 6.07) is 6.29. The van der Waals surface area contributed by atoms with Crippen LogP contribution in [0.5, 0.6) is 0 Å². The van der Waals surface area contributed by atoms with Gasteiger partial charge in [0.15, 0.2) is 15.6 Å². The number of benzene rings is 1. The van der Waals surface area contributed by atoms with E-state index in [-0.39, 0.29) is 11.5 Å². The summed E-state index contributed by atoms with van der Waals surface area (Å²) in [7, 11) is -1.88. The quantitative estimate of drug-likeness (QED) is 0.868. The van der Waals surface area contributed by atoms with Gasteiger partial charge in [-0.25, -0.2) is 8.42 Å². The Bertz CT molecular complexity index is 694. The standard InChI is InChI=1S/C12H12ClNO4S/c1-17-7-8-6-10(14-18-8)12-9(13)4-3-5-11(12)19(2,15)16/h3-6H,7H2,1-2H3. The molecule has 0 amide bonds. The van der Waals surface area contributed by atoms with Gasteiger partial charge in [0, 0.05) is 25.0 Å². The zero-order valence-electron chi connectivity index (χ0n) is 10.4. The summed E-state index contributed by atoms with van der Waals surface area (Å²) in [6.07, 6.45) is 1.12. The van der Waals surface area contributed by atoms with Crippen LogP contribution in [-0.2, 0) is 21.2 Å². The second kappa shape index (κ2) is 5.32. The molecule has 0 fully saturated rings. The fourth-order valence-corrected chi connectivity index (χ4v) is 2.94. The van der Waals surface area contributed by atoms with Gasteiger partial charge in [-0.2, -0.15) is 0 Å². The summed E-state index contributed by atoms with van der Waals surface area (Å²) in [5.74, 6) is 0.497. The molecular formula is C12H12ClNO4S. The van der Waals surface area contributed by atoms with Crippen LogP contribution in [0.3, 0.4) is 0 Å². The minimum Gasteiger partial charge on any atom is -0.377 e. The van der Waals surface area contributed by atoms with Gasteiger partial charge < -0.3 is 9.26 Å². The van der Waals surface area contributed by atoms with Gasteiger partial charge in [-0.1, -0.05) is 22.8 Å². The van der Waals surface area contributed by atoms with Crippen molar-refractivity contribution in [2.45, 2.75) is 11.5 Å². The number of methoxy groups -OCH3 is 1. The van der Waals surface area contributed by atoms with Gasteiger partial charge >= 0.3 is 0 Å². The number of nitrogens with zero attached hydrogens (tertiary/aromatic N) is 1. The molecule has 7 heteroatoms. The van der Waals surface area contributed by atoms with Crippen molar-refractivity contribution >= 4 is 21.4 Å². The summed E-state index contributed by atoms with van der Waals surface area (Å²) >= 11 is 6.08. The van der Waals surface area contributed by atoms with Crippen LogP contribution in [0, 0.1) is 0 Å². The lowest BCUT2D eigenvalue weighted by Crippen LogP contribution is -2.00. The van der Waals surface area contributed by atoms with Crippen molar-refractivity contribution in [2.75, 3.05) is 13.4 Å². The minimum absolute atomic E-state index is 0.122. The number of hydrogen-bond donors (Lipinski definition) is 0. The van der Waals surface area contributed by atoms with Gasteiger partial charge in [-0.05, 0) is 12.1 Å². The Morgan fingerprint density at radius 3 is 2.79 bits per heavy atom. The molecule has 1 heterocycles. The molecule has 2 aromatic rings. The summed E-state index contributed by atoms with van der Waals surface area (Å²) < 4.78 is 33.5. The summed E-state index contributed by atoms with van der Waals surface area (Å²) in [6.45, 7) is 0.256. The van der Waals surface area contributed by atoms with Crippen LogP contribution in [0.1, 0.15) is 5.76 Å². The predicted molar refractivity (Wildman–Crippen MR) is 70.8 cm³/mol. The zero-order chi connectivity index (χ0) is 14.0. The van der Waals surface area contributed by atoms with E-state index in [2.05, 4.69) is 5.16 Å². The van der Waals surface area contributed by atoms with Gasteiger partial charge in [0.2, 0.25) is 0 Å². The molecule has 19 heavy (non-hydrogen) atoms. The number of sulfone groups is 1. The van der Waals surface area contributed by atoms with E-state index in [1.54, 1.807) is 18.2 Å². The Balaban J connectivity index is 2.60. The molecule has 2 rings (SSSR count). The van der Waals surface area contributed by atoms with Crippen molar-refractivity contribution in [1.29, 1.82) is 0 Å². The highest BCUT2D eigenvalue weighted by atomic mass is 35.5. The van der Waals surface area contributed by atoms with Crippen LogP contribution in [-0.4, -0.2) is 26.9 Å². The third-order valence-corrected chi connectivity index (χ3v) is 3.93. The number of hydrogen-bond acceptors (Lipinski definition) is 5. The van der Waals surface area contributed by atoms with Crippen LogP contribution >= 0.6 is 11.6 Å². The zero-order valence-corrected chi connectivity index (χ0v) is 12.0. The molecular weight excluding hydrogens is 290 g/mol. The maximum absolute atomic E-state index is 11.8. The van der Waals surface area contributed by atoms with Gasteiger partial charge in [0.25, 0.3) is 0 Å². The lowest BCUT2D eigenvalue weighted by Gasteiger charge is -2.06. The topological polar surface area (TPSA) is 69.4 Å². The first-order valence-corrected chi connectivity index (χ1v) is 7.64. The Hall–Kier alpha value is -1.37. The van der Waals surface area contributed by atoms with Crippen molar-refractivity contribution in [3.05, 3.63) is 35.0 Å². The van der Waals surface area contributed by atoms with Crippen LogP contribution in [0.2, 0.25) is 5.02 Å². The highest BCUT2D eigenvalue weighted by Crippen LogP contribution is 2.33. The number of rotatable bonds is 4. The van der Waals surface area contributed by atoms with Crippen LogP contribution in [0.25, 0.3) is 11.3 Å². The van der Waals surface area contributed by atoms with Gasteiger partial charge in [0.1, 0.15) is 12.3 Å². The number of halogens is 1. The Labute approximate surface area is 116 Å². The molecule has 1 aromatic heterocycles. The molecule has 0 saturated heterocycles. The molecule has 0 N–H and O–H groups in total. The third-order valence-electron chi connectivity index (χ3n) is 2.48. The van der Waals surface area contributed by atoms with E-state index < -0.39 is 9.84 Å². The van der Waals surface area contributed by atoms with Gasteiger partial charge in [0.05, 0.1) is 9.92 Å². The maximum Gasteiger partial charge on any atom is 0.176 e. The molecule has 0 aliphatic carbocycles. The first-order chi connectivity index (χ1) is 8.93. The van der Waals surface area contributed by atoms with Gasteiger partial charge in [-0.15, -0.1) is 0 Å². The number of aromatic nitrogens is 1. The third kappa shape index (κ3) is 2.97. The Morgan fingerprint density at radius 2 is 2.16 bits per heavy atom. The van der Waals surface area contributed by atoms with Crippen molar-refractivity contribution in [2.24, 2.45) is 0 Å². The maximum atomic E-state index is 11.8. The van der Waals surface area contributed by atoms with E-state index in [0.29, 0.717) is 22.0 Å². The molecule has 1 aromatic carbocycles. The Morgan fingerprint density at radius 1 is 1.42 bits per heavy atom. The normalized spacial score (nSPS) is 11.7. The fraction of sp³-hybridized carbons (Fsp3) is 0.250. The first-order valence-electron chi connectivity index (χ1n) is 5.37. The SMILES string of the molecule is COCc1cc(-c2c(Cl)cccc2S(C)(=O)=O)no1. The molecule has 0 atom stereocenters. The van der Waals surface area contributed by atoms with E-state index in [0.717, 1.165) is 6.26 Å².